The largest absolute Gasteiger partial charge is 0.316 e. The van der Waals surface area contributed by atoms with Gasteiger partial charge in [0.1, 0.15) is 0 Å². The Kier molecular flexibility index (Phi) is 5.58. The lowest BCUT2D eigenvalue weighted by Crippen LogP contribution is -2.19. The van der Waals surface area contributed by atoms with E-state index in [0.717, 1.165) is 33.9 Å². The highest BCUT2D eigenvalue weighted by molar-refractivity contribution is 8.18. The summed E-state index contributed by atoms with van der Waals surface area (Å²) in [5, 5.41) is 4.16. The third kappa shape index (κ3) is 3.95. The smallest absolute Gasteiger partial charge is 0.264 e. The van der Waals surface area contributed by atoms with Crippen LogP contribution in [0.15, 0.2) is 58.4 Å². The molecule has 1 aromatic heterocycles. The van der Waals surface area contributed by atoms with Gasteiger partial charge in [-0.05, 0) is 80.9 Å². The van der Waals surface area contributed by atoms with Crippen LogP contribution in [0.25, 0.3) is 11.8 Å². The van der Waals surface area contributed by atoms with Gasteiger partial charge in [0.05, 0.1) is 21.3 Å². The lowest BCUT2D eigenvalue weighted by molar-refractivity contribution is -0.115. The van der Waals surface area contributed by atoms with Crippen molar-refractivity contribution in [2.24, 2.45) is 4.99 Å². The van der Waals surface area contributed by atoms with Crippen molar-refractivity contribution >= 4 is 46.2 Å². The van der Waals surface area contributed by atoms with Crippen molar-refractivity contribution in [3.63, 3.8) is 0 Å². The summed E-state index contributed by atoms with van der Waals surface area (Å²) in [6.45, 7) is 8.14. The number of carbonyl (C=O) groups is 1. The summed E-state index contributed by atoms with van der Waals surface area (Å²) >= 11 is 7.76. The first kappa shape index (κ1) is 20.5. The molecule has 1 fully saturated rings. The van der Waals surface area contributed by atoms with Gasteiger partial charge in [-0.3, -0.25) is 4.79 Å². The predicted octanol–water partition coefficient (Wildman–Crippen LogP) is 6.26. The molecule has 1 saturated heterocycles. The van der Waals surface area contributed by atoms with Crippen LogP contribution in [0.5, 0.6) is 0 Å². The number of amidine groups is 1. The SMILES string of the molecule is Cc1ccc(N=C2NC(=O)/C(=C/c3cc(C)n(-c4ccccc4Cl)c3C)S2)c(C)c1. The first-order valence-corrected chi connectivity index (χ1v) is 10.8. The van der Waals surface area contributed by atoms with Gasteiger partial charge in [0.15, 0.2) is 5.17 Å². The Morgan fingerprint density at radius 2 is 1.83 bits per heavy atom. The van der Waals surface area contributed by atoms with Crippen molar-refractivity contribution in [1.29, 1.82) is 0 Å². The maximum atomic E-state index is 12.5. The maximum Gasteiger partial charge on any atom is 0.264 e. The fourth-order valence-electron chi connectivity index (χ4n) is 3.60. The minimum atomic E-state index is -0.133. The van der Waals surface area contributed by atoms with Crippen molar-refractivity contribution in [3.8, 4) is 5.69 Å². The first-order valence-electron chi connectivity index (χ1n) is 9.64. The van der Waals surface area contributed by atoms with Crippen molar-refractivity contribution in [2.45, 2.75) is 27.7 Å². The second kappa shape index (κ2) is 8.17. The maximum absolute atomic E-state index is 12.5. The molecule has 4 rings (SSSR count). The molecule has 1 N–H and O–H groups in total. The molecule has 0 atom stereocenters. The fourth-order valence-corrected chi connectivity index (χ4v) is 4.65. The topological polar surface area (TPSA) is 46.4 Å². The lowest BCUT2D eigenvalue weighted by atomic mass is 10.1. The van der Waals surface area contributed by atoms with Gasteiger partial charge in [-0.2, -0.15) is 0 Å². The van der Waals surface area contributed by atoms with Crippen LogP contribution in [0.4, 0.5) is 5.69 Å². The van der Waals surface area contributed by atoms with Gasteiger partial charge in [-0.25, -0.2) is 4.99 Å². The van der Waals surface area contributed by atoms with E-state index >= 15 is 0 Å². The number of benzene rings is 2. The number of aryl methyl sites for hydroxylation is 3. The number of para-hydroxylation sites is 1. The molecule has 1 aliphatic heterocycles. The Bertz CT molecular complexity index is 1220. The number of hydrogen-bond donors (Lipinski definition) is 1. The van der Waals surface area contributed by atoms with Crippen LogP contribution in [0.3, 0.4) is 0 Å². The van der Waals surface area contributed by atoms with E-state index in [1.54, 1.807) is 0 Å². The zero-order valence-corrected chi connectivity index (χ0v) is 18.9. The Morgan fingerprint density at radius 3 is 2.57 bits per heavy atom. The summed E-state index contributed by atoms with van der Waals surface area (Å²) in [5.41, 5.74) is 7.13. The Hall–Kier alpha value is -2.76. The zero-order chi connectivity index (χ0) is 21.4. The lowest BCUT2D eigenvalue weighted by Gasteiger charge is -2.11. The summed E-state index contributed by atoms with van der Waals surface area (Å²) in [5.74, 6) is -0.133. The molecule has 6 heteroatoms. The third-order valence-electron chi connectivity index (χ3n) is 5.08. The van der Waals surface area contributed by atoms with Crippen LogP contribution < -0.4 is 5.32 Å². The van der Waals surface area contributed by atoms with Crippen LogP contribution in [0, 0.1) is 27.7 Å². The molecule has 0 spiro atoms. The molecule has 152 valence electrons. The predicted molar refractivity (Wildman–Crippen MR) is 127 cm³/mol. The number of nitrogens with one attached hydrogen (secondary N) is 1. The molecule has 0 unspecified atom stereocenters. The van der Waals surface area contributed by atoms with Gasteiger partial charge in [-0.1, -0.05) is 41.4 Å². The van der Waals surface area contributed by atoms with Crippen molar-refractivity contribution < 1.29 is 4.79 Å². The first-order chi connectivity index (χ1) is 14.3. The molecular formula is C24H22ClN3OS. The van der Waals surface area contributed by atoms with Crippen molar-refractivity contribution in [2.75, 3.05) is 0 Å². The van der Waals surface area contributed by atoms with E-state index in [0.29, 0.717) is 15.1 Å². The minimum absolute atomic E-state index is 0.133. The number of aromatic nitrogens is 1. The fraction of sp³-hybridized carbons (Fsp3) is 0.167. The Labute approximate surface area is 185 Å². The van der Waals surface area contributed by atoms with E-state index < -0.39 is 0 Å². The molecule has 0 radical (unpaired) electrons. The van der Waals surface area contributed by atoms with Gasteiger partial charge in [0, 0.05) is 11.4 Å². The number of thioether (sulfide) groups is 1. The summed E-state index contributed by atoms with van der Waals surface area (Å²) in [6.07, 6.45) is 1.92. The molecule has 0 aliphatic carbocycles. The number of hydrogen-bond acceptors (Lipinski definition) is 3. The Balaban J connectivity index is 1.66. The van der Waals surface area contributed by atoms with Crippen LogP contribution in [-0.2, 0) is 4.79 Å². The summed E-state index contributed by atoms with van der Waals surface area (Å²) in [4.78, 5) is 17.8. The highest BCUT2D eigenvalue weighted by Crippen LogP contribution is 2.32. The quantitative estimate of drug-likeness (QED) is 0.494. The molecule has 1 aliphatic rings. The molecule has 0 bridgehead atoms. The molecular weight excluding hydrogens is 414 g/mol. The normalized spacial score (nSPS) is 16.5. The van der Waals surface area contributed by atoms with Gasteiger partial charge < -0.3 is 9.88 Å². The van der Waals surface area contributed by atoms with E-state index in [1.807, 2.05) is 63.2 Å². The van der Waals surface area contributed by atoms with Gasteiger partial charge in [0.2, 0.25) is 0 Å². The number of rotatable bonds is 3. The number of halogens is 1. The van der Waals surface area contributed by atoms with E-state index in [4.69, 9.17) is 11.6 Å². The third-order valence-corrected chi connectivity index (χ3v) is 6.30. The summed E-state index contributed by atoms with van der Waals surface area (Å²) < 4.78 is 2.11. The Morgan fingerprint density at radius 1 is 1.07 bits per heavy atom. The molecule has 2 heterocycles. The molecule has 1 amide bonds. The molecule has 0 saturated carbocycles. The second-order valence-corrected chi connectivity index (χ2v) is 8.82. The van der Waals surface area contributed by atoms with E-state index in [9.17, 15) is 4.79 Å². The highest BCUT2D eigenvalue weighted by Gasteiger charge is 2.25. The number of aliphatic imine (C=N–C) groups is 1. The van der Waals surface area contributed by atoms with Crippen LogP contribution in [0.2, 0.25) is 5.02 Å². The monoisotopic (exact) mass is 435 g/mol. The van der Waals surface area contributed by atoms with Crippen LogP contribution in [0.1, 0.15) is 28.1 Å². The standard InChI is InChI=1S/C24H22ClN3OS/c1-14-9-10-20(15(2)11-14)26-24-27-23(29)22(30-24)13-18-12-16(3)28(17(18)4)21-8-6-5-7-19(21)25/h5-13H,1-4H3,(H,26,27,29)/b22-13-. The summed E-state index contributed by atoms with van der Waals surface area (Å²) in [7, 11) is 0. The van der Waals surface area contributed by atoms with Gasteiger partial charge in [0.25, 0.3) is 5.91 Å². The van der Waals surface area contributed by atoms with E-state index in [1.165, 1.54) is 17.3 Å². The molecule has 2 aromatic carbocycles. The number of nitrogens with zero attached hydrogens (tertiary/aromatic N) is 2. The minimum Gasteiger partial charge on any atom is -0.316 e. The highest BCUT2D eigenvalue weighted by atomic mass is 35.5. The van der Waals surface area contributed by atoms with Gasteiger partial charge in [-0.15, -0.1) is 0 Å². The van der Waals surface area contributed by atoms with Gasteiger partial charge >= 0.3 is 0 Å². The molecule has 30 heavy (non-hydrogen) atoms. The summed E-state index contributed by atoms with van der Waals surface area (Å²) in [6, 6.07) is 15.9. The van der Waals surface area contributed by atoms with Crippen LogP contribution >= 0.6 is 23.4 Å². The second-order valence-electron chi connectivity index (χ2n) is 7.38. The van der Waals surface area contributed by atoms with Crippen LogP contribution in [-0.4, -0.2) is 15.6 Å². The van der Waals surface area contributed by atoms with Crippen molar-refractivity contribution in [3.05, 3.63) is 86.5 Å². The molecule has 4 nitrogen and oxygen atoms in total. The van der Waals surface area contributed by atoms with Crippen molar-refractivity contribution in [1.82, 2.24) is 9.88 Å². The number of carbonyl (C=O) groups excluding carboxylic acids is 1. The van der Waals surface area contributed by atoms with E-state index in [2.05, 4.69) is 33.9 Å². The average Bonchev–Trinajstić information content (AvgIpc) is 3.17. The average molecular weight is 436 g/mol. The number of amides is 1. The molecule has 3 aromatic rings. The zero-order valence-electron chi connectivity index (χ0n) is 17.3. The van der Waals surface area contributed by atoms with E-state index in [-0.39, 0.29) is 5.91 Å².